The second-order valence-corrected chi connectivity index (χ2v) is 8.31. The molecule has 142 valence electrons. The van der Waals surface area contributed by atoms with Crippen LogP contribution in [0.4, 0.5) is 5.13 Å². The van der Waals surface area contributed by atoms with Crippen LogP contribution >= 0.6 is 22.9 Å². The van der Waals surface area contributed by atoms with Crippen molar-refractivity contribution in [3.8, 4) is 0 Å². The summed E-state index contributed by atoms with van der Waals surface area (Å²) in [6.45, 7) is 7.18. The van der Waals surface area contributed by atoms with E-state index in [2.05, 4.69) is 33.2 Å². The Hall–Kier alpha value is -1.96. The number of hydrogen-bond acceptors (Lipinski definition) is 6. The molecule has 0 radical (unpaired) electrons. The van der Waals surface area contributed by atoms with E-state index < -0.39 is 0 Å². The topological polar surface area (TPSA) is 56.1 Å². The molecule has 0 saturated carbocycles. The summed E-state index contributed by atoms with van der Waals surface area (Å²) in [6, 6.07) is 9.97. The minimum atomic E-state index is 0.0976. The number of ether oxygens (including phenoxy) is 1. The maximum absolute atomic E-state index is 5.95. The number of morpholine rings is 1. The van der Waals surface area contributed by atoms with E-state index in [-0.39, 0.29) is 6.10 Å². The summed E-state index contributed by atoms with van der Waals surface area (Å²) in [5.74, 6) is 0. The number of aryl methyl sites for hydroxylation is 2. The number of anilines is 1. The molecule has 0 spiro atoms. The summed E-state index contributed by atoms with van der Waals surface area (Å²) >= 11 is 7.60. The molecule has 8 heteroatoms. The summed E-state index contributed by atoms with van der Waals surface area (Å²) in [5.41, 5.74) is 3.39. The summed E-state index contributed by atoms with van der Waals surface area (Å²) in [4.78, 5) is 2.27. The summed E-state index contributed by atoms with van der Waals surface area (Å²) < 4.78 is 7.98. The highest BCUT2D eigenvalue weighted by molar-refractivity contribution is 7.15. The Kier molecular flexibility index (Phi) is 5.43. The Morgan fingerprint density at radius 1 is 1.22 bits per heavy atom. The van der Waals surface area contributed by atoms with Crippen molar-refractivity contribution in [1.29, 1.82) is 0 Å². The number of nitrogens with zero attached hydrogens (tertiary/aromatic N) is 5. The molecule has 0 bridgehead atoms. The lowest BCUT2D eigenvalue weighted by atomic mass is 10.2. The van der Waals surface area contributed by atoms with E-state index in [1.165, 1.54) is 5.56 Å². The van der Waals surface area contributed by atoms with E-state index in [1.54, 1.807) is 11.3 Å². The predicted molar refractivity (Wildman–Crippen MR) is 108 cm³/mol. The average Bonchev–Trinajstić information content (AvgIpc) is 3.24. The summed E-state index contributed by atoms with van der Waals surface area (Å²) in [5, 5.41) is 16.0. The van der Waals surface area contributed by atoms with Crippen LogP contribution in [0.2, 0.25) is 5.02 Å². The second-order valence-electron chi connectivity index (χ2n) is 6.83. The third-order valence-electron chi connectivity index (χ3n) is 4.61. The van der Waals surface area contributed by atoms with Gasteiger partial charge in [0.15, 0.2) is 0 Å². The van der Waals surface area contributed by atoms with Crippen molar-refractivity contribution < 1.29 is 4.74 Å². The Bertz CT molecular complexity index is 907. The molecule has 1 aliphatic heterocycles. The predicted octanol–water partition coefficient (Wildman–Crippen LogP) is 3.50. The molecular weight excluding hydrogens is 382 g/mol. The fourth-order valence-corrected chi connectivity index (χ4v) is 4.31. The number of aromatic nitrogens is 4. The van der Waals surface area contributed by atoms with Crippen molar-refractivity contribution in [2.45, 2.75) is 32.9 Å². The lowest BCUT2D eigenvalue weighted by molar-refractivity contribution is 0.0269. The highest BCUT2D eigenvalue weighted by Gasteiger charge is 2.24. The van der Waals surface area contributed by atoms with Crippen molar-refractivity contribution in [2.75, 3.05) is 24.6 Å². The first-order valence-corrected chi connectivity index (χ1v) is 10.2. The third-order valence-corrected chi connectivity index (χ3v) is 5.85. The van der Waals surface area contributed by atoms with E-state index in [0.717, 1.165) is 52.6 Å². The maximum atomic E-state index is 5.95. The Morgan fingerprint density at radius 3 is 2.78 bits per heavy atom. The zero-order valence-corrected chi connectivity index (χ0v) is 17.0. The van der Waals surface area contributed by atoms with E-state index in [1.807, 2.05) is 35.9 Å². The first-order valence-electron chi connectivity index (χ1n) is 9.01. The quantitative estimate of drug-likeness (QED) is 0.652. The number of benzene rings is 1. The number of rotatable bonds is 5. The van der Waals surface area contributed by atoms with Gasteiger partial charge < -0.3 is 9.64 Å². The van der Waals surface area contributed by atoms with Crippen LogP contribution in [0.15, 0.2) is 30.3 Å². The lowest BCUT2D eigenvalue weighted by Gasteiger charge is -2.32. The van der Waals surface area contributed by atoms with Gasteiger partial charge in [-0.05, 0) is 37.6 Å². The zero-order valence-electron chi connectivity index (χ0n) is 15.4. The molecule has 1 aliphatic rings. The van der Waals surface area contributed by atoms with Gasteiger partial charge in [0.2, 0.25) is 5.13 Å². The number of halogens is 1. The van der Waals surface area contributed by atoms with Crippen LogP contribution in [-0.4, -0.2) is 45.8 Å². The van der Waals surface area contributed by atoms with Gasteiger partial charge in [-0.2, -0.15) is 5.10 Å². The zero-order chi connectivity index (χ0) is 18.8. The molecule has 1 saturated heterocycles. The van der Waals surface area contributed by atoms with Gasteiger partial charge in [0.25, 0.3) is 0 Å². The smallest absolute Gasteiger partial charge is 0.208 e. The van der Waals surface area contributed by atoms with Crippen molar-refractivity contribution in [2.24, 2.45) is 0 Å². The average molecular weight is 404 g/mol. The molecule has 6 nitrogen and oxygen atoms in total. The minimum Gasteiger partial charge on any atom is -0.373 e. The van der Waals surface area contributed by atoms with Crippen LogP contribution in [0.1, 0.15) is 22.0 Å². The first kappa shape index (κ1) is 18.4. The van der Waals surface area contributed by atoms with Crippen molar-refractivity contribution in [3.05, 3.63) is 57.3 Å². The normalized spacial score (nSPS) is 17.4. The summed E-state index contributed by atoms with van der Waals surface area (Å²) in [7, 11) is 0. The molecule has 0 N–H and O–H groups in total. The van der Waals surface area contributed by atoms with Gasteiger partial charge in [-0.1, -0.05) is 35.1 Å². The first-order chi connectivity index (χ1) is 13.1. The van der Waals surface area contributed by atoms with Crippen molar-refractivity contribution >= 4 is 28.1 Å². The van der Waals surface area contributed by atoms with Crippen molar-refractivity contribution in [1.82, 2.24) is 20.0 Å². The van der Waals surface area contributed by atoms with Gasteiger partial charge >= 0.3 is 0 Å². The Balaban J connectivity index is 1.40. The molecule has 4 rings (SSSR count). The molecule has 2 aromatic heterocycles. The van der Waals surface area contributed by atoms with E-state index in [4.69, 9.17) is 16.3 Å². The van der Waals surface area contributed by atoms with Crippen LogP contribution in [0.5, 0.6) is 0 Å². The van der Waals surface area contributed by atoms with E-state index >= 15 is 0 Å². The van der Waals surface area contributed by atoms with E-state index in [0.29, 0.717) is 6.61 Å². The largest absolute Gasteiger partial charge is 0.373 e. The molecule has 1 atom stereocenters. The molecule has 3 heterocycles. The monoisotopic (exact) mass is 403 g/mol. The standard InChI is InChI=1S/C19H22ClN5OS/c1-13-9-14(2)25(23-13)12-17-11-24(7-8-26-17)19-22-21-18(27-19)10-15-3-5-16(20)6-4-15/h3-6,9,17H,7-8,10-12H2,1-2H3. The number of hydrogen-bond donors (Lipinski definition) is 0. The molecule has 1 unspecified atom stereocenters. The van der Waals surface area contributed by atoms with Gasteiger partial charge in [-0.3, -0.25) is 4.68 Å². The molecule has 1 fully saturated rings. The van der Waals surface area contributed by atoms with Crippen LogP contribution in [-0.2, 0) is 17.7 Å². The van der Waals surface area contributed by atoms with E-state index in [9.17, 15) is 0 Å². The van der Waals surface area contributed by atoms with Crippen LogP contribution in [0.25, 0.3) is 0 Å². The minimum absolute atomic E-state index is 0.0976. The fourth-order valence-electron chi connectivity index (χ4n) is 3.28. The van der Waals surface area contributed by atoms with Gasteiger partial charge in [-0.25, -0.2) is 0 Å². The molecule has 1 aromatic carbocycles. The van der Waals surface area contributed by atoms with Gasteiger partial charge in [0.1, 0.15) is 5.01 Å². The molecule has 0 aliphatic carbocycles. The third kappa shape index (κ3) is 4.48. The van der Waals surface area contributed by atoms with Crippen LogP contribution < -0.4 is 4.90 Å². The molecular formula is C19H22ClN5OS. The Labute approximate surface area is 167 Å². The lowest BCUT2D eigenvalue weighted by Crippen LogP contribution is -2.44. The fraction of sp³-hybridized carbons (Fsp3) is 0.421. The van der Waals surface area contributed by atoms with Gasteiger partial charge in [-0.15, -0.1) is 10.2 Å². The Morgan fingerprint density at radius 2 is 2.04 bits per heavy atom. The van der Waals surface area contributed by atoms with Gasteiger partial charge in [0, 0.05) is 30.2 Å². The summed E-state index contributed by atoms with van der Waals surface area (Å²) in [6.07, 6.45) is 0.870. The maximum Gasteiger partial charge on any atom is 0.208 e. The van der Waals surface area contributed by atoms with Crippen LogP contribution in [0.3, 0.4) is 0 Å². The van der Waals surface area contributed by atoms with Crippen LogP contribution in [0, 0.1) is 13.8 Å². The molecule has 3 aromatic rings. The highest BCUT2D eigenvalue weighted by atomic mass is 35.5. The SMILES string of the molecule is Cc1cc(C)n(CC2CN(c3nnc(Cc4ccc(Cl)cc4)s3)CCO2)n1. The van der Waals surface area contributed by atoms with Crippen molar-refractivity contribution in [3.63, 3.8) is 0 Å². The second kappa shape index (κ2) is 7.96. The van der Waals surface area contributed by atoms with Gasteiger partial charge in [0.05, 0.1) is 24.9 Å². The highest BCUT2D eigenvalue weighted by Crippen LogP contribution is 2.25. The molecule has 27 heavy (non-hydrogen) atoms. The molecule has 0 amide bonds.